The lowest BCUT2D eigenvalue weighted by atomic mass is 10.1. The Morgan fingerprint density at radius 2 is 2.33 bits per heavy atom. The maximum Gasteiger partial charge on any atom is 0.233 e. The number of carbonyl (C=O) groups excluding carboxylic acids is 2. The van der Waals surface area contributed by atoms with Crippen LogP contribution >= 0.6 is 0 Å². The van der Waals surface area contributed by atoms with Gasteiger partial charge in [-0.2, -0.15) is 0 Å². The lowest BCUT2D eigenvalue weighted by Crippen LogP contribution is -2.21. The van der Waals surface area contributed by atoms with Gasteiger partial charge in [-0.05, 0) is 6.42 Å². The standard InChI is InChI=1S/C9H13NO2/c1-2-3-4-5-7-6-8(11)10-9(7)12/h4-5,7H,2-3,6H2,1H3,(H,10,11,12). The Balaban J connectivity index is 2.42. The molecule has 3 nitrogen and oxygen atoms in total. The van der Waals surface area contributed by atoms with Gasteiger partial charge in [0.25, 0.3) is 0 Å². The van der Waals surface area contributed by atoms with Crippen LogP contribution in [0.4, 0.5) is 0 Å². The largest absolute Gasteiger partial charge is 0.296 e. The van der Waals surface area contributed by atoms with Gasteiger partial charge in [0.05, 0.1) is 5.92 Å². The molecular formula is C9H13NO2. The average Bonchev–Trinajstić information content (AvgIpc) is 2.31. The van der Waals surface area contributed by atoms with Crippen molar-refractivity contribution in [3.63, 3.8) is 0 Å². The maximum absolute atomic E-state index is 11.0. The van der Waals surface area contributed by atoms with Gasteiger partial charge in [-0.15, -0.1) is 0 Å². The summed E-state index contributed by atoms with van der Waals surface area (Å²) >= 11 is 0. The first kappa shape index (κ1) is 8.97. The van der Waals surface area contributed by atoms with Crippen molar-refractivity contribution in [1.29, 1.82) is 0 Å². The molecule has 1 fully saturated rings. The Morgan fingerprint density at radius 3 is 2.83 bits per heavy atom. The molecule has 0 aliphatic carbocycles. The first-order chi connectivity index (χ1) is 5.74. The molecular weight excluding hydrogens is 154 g/mol. The van der Waals surface area contributed by atoms with Crippen LogP contribution in [0.15, 0.2) is 12.2 Å². The van der Waals surface area contributed by atoms with E-state index >= 15 is 0 Å². The lowest BCUT2D eigenvalue weighted by Gasteiger charge is -1.95. The highest BCUT2D eigenvalue weighted by molar-refractivity contribution is 6.04. The Hall–Kier alpha value is -1.12. The average molecular weight is 167 g/mol. The van der Waals surface area contributed by atoms with Crippen LogP contribution in [0.2, 0.25) is 0 Å². The molecule has 1 aliphatic heterocycles. The summed E-state index contributed by atoms with van der Waals surface area (Å²) in [5.41, 5.74) is 0. The topological polar surface area (TPSA) is 46.2 Å². The molecule has 2 amide bonds. The van der Waals surface area contributed by atoms with Crippen molar-refractivity contribution in [3.05, 3.63) is 12.2 Å². The highest BCUT2D eigenvalue weighted by Gasteiger charge is 2.27. The second-order valence-electron chi connectivity index (χ2n) is 2.94. The Labute approximate surface area is 71.8 Å². The first-order valence-corrected chi connectivity index (χ1v) is 4.24. The van der Waals surface area contributed by atoms with E-state index in [4.69, 9.17) is 0 Å². The van der Waals surface area contributed by atoms with E-state index in [0.717, 1.165) is 12.8 Å². The molecule has 1 heterocycles. The lowest BCUT2D eigenvalue weighted by molar-refractivity contribution is -0.125. The molecule has 0 aromatic rings. The van der Waals surface area contributed by atoms with E-state index in [9.17, 15) is 9.59 Å². The number of imide groups is 1. The summed E-state index contributed by atoms with van der Waals surface area (Å²) in [4.78, 5) is 21.7. The predicted octanol–water partition coefficient (Wildman–Crippen LogP) is 1.01. The van der Waals surface area contributed by atoms with E-state index in [1.54, 1.807) is 0 Å². The minimum absolute atomic E-state index is 0.160. The van der Waals surface area contributed by atoms with Crippen LogP contribution < -0.4 is 5.32 Å². The molecule has 1 aliphatic rings. The second kappa shape index (κ2) is 4.04. The molecule has 0 aromatic carbocycles. The molecule has 1 saturated heterocycles. The summed E-state index contributed by atoms with van der Waals surface area (Å²) in [6.07, 6.45) is 6.14. The molecule has 0 saturated carbocycles. The zero-order valence-corrected chi connectivity index (χ0v) is 7.17. The Morgan fingerprint density at radius 1 is 1.58 bits per heavy atom. The summed E-state index contributed by atoms with van der Waals surface area (Å²) in [7, 11) is 0. The summed E-state index contributed by atoms with van der Waals surface area (Å²) in [5.74, 6) is -0.539. The van der Waals surface area contributed by atoms with E-state index in [1.165, 1.54) is 0 Å². The van der Waals surface area contributed by atoms with Crippen molar-refractivity contribution < 1.29 is 9.59 Å². The minimum atomic E-state index is -0.218. The number of amides is 2. The molecule has 0 spiro atoms. The van der Waals surface area contributed by atoms with Gasteiger partial charge in [-0.25, -0.2) is 0 Å². The van der Waals surface area contributed by atoms with Crippen molar-refractivity contribution in [3.8, 4) is 0 Å². The summed E-state index contributed by atoms with van der Waals surface area (Å²) in [6, 6.07) is 0. The van der Waals surface area contributed by atoms with Crippen molar-refractivity contribution in [1.82, 2.24) is 5.32 Å². The van der Waals surface area contributed by atoms with Crippen molar-refractivity contribution in [2.24, 2.45) is 5.92 Å². The van der Waals surface area contributed by atoms with E-state index in [-0.39, 0.29) is 17.7 Å². The van der Waals surface area contributed by atoms with Crippen molar-refractivity contribution in [2.45, 2.75) is 26.2 Å². The van der Waals surface area contributed by atoms with Crippen LogP contribution in [0.25, 0.3) is 0 Å². The third-order valence-electron chi connectivity index (χ3n) is 1.83. The van der Waals surface area contributed by atoms with Gasteiger partial charge in [0.2, 0.25) is 11.8 Å². The van der Waals surface area contributed by atoms with E-state index in [1.807, 2.05) is 12.2 Å². The van der Waals surface area contributed by atoms with Crippen LogP contribution in [0, 0.1) is 5.92 Å². The molecule has 1 atom stereocenters. The highest BCUT2D eigenvalue weighted by Crippen LogP contribution is 2.12. The molecule has 0 radical (unpaired) electrons. The van der Waals surface area contributed by atoms with Gasteiger partial charge in [-0.1, -0.05) is 25.5 Å². The highest BCUT2D eigenvalue weighted by atomic mass is 16.2. The number of hydrogen-bond donors (Lipinski definition) is 1. The van der Waals surface area contributed by atoms with Gasteiger partial charge >= 0.3 is 0 Å². The number of carbonyl (C=O) groups is 2. The minimum Gasteiger partial charge on any atom is -0.296 e. The van der Waals surface area contributed by atoms with Crippen LogP contribution in [-0.4, -0.2) is 11.8 Å². The van der Waals surface area contributed by atoms with Crippen LogP contribution in [0.3, 0.4) is 0 Å². The molecule has 12 heavy (non-hydrogen) atoms. The fourth-order valence-corrected chi connectivity index (χ4v) is 1.16. The van der Waals surface area contributed by atoms with Gasteiger partial charge in [0, 0.05) is 6.42 Å². The molecule has 3 heteroatoms. The monoisotopic (exact) mass is 167 g/mol. The first-order valence-electron chi connectivity index (χ1n) is 4.24. The van der Waals surface area contributed by atoms with Crippen molar-refractivity contribution in [2.75, 3.05) is 0 Å². The quantitative estimate of drug-likeness (QED) is 0.503. The third kappa shape index (κ3) is 2.19. The van der Waals surface area contributed by atoms with Gasteiger partial charge < -0.3 is 0 Å². The normalized spacial score (nSPS) is 23.6. The van der Waals surface area contributed by atoms with E-state index in [0.29, 0.717) is 6.42 Å². The van der Waals surface area contributed by atoms with Crippen LogP contribution in [-0.2, 0) is 9.59 Å². The molecule has 1 rings (SSSR count). The third-order valence-corrected chi connectivity index (χ3v) is 1.83. The fraction of sp³-hybridized carbons (Fsp3) is 0.556. The number of allylic oxidation sites excluding steroid dienone is 1. The SMILES string of the molecule is CCCC=CC1CC(=O)NC1=O. The zero-order chi connectivity index (χ0) is 8.97. The molecule has 1 unspecified atom stereocenters. The second-order valence-corrected chi connectivity index (χ2v) is 2.94. The fourth-order valence-electron chi connectivity index (χ4n) is 1.16. The van der Waals surface area contributed by atoms with Crippen LogP contribution in [0.5, 0.6) is 0 Å². The molecule has 0 bridgehead atoms. The smallest absolute Gasteiger partial charge is 0.233 e. The van der Waals surface area contributed by atoms with E-state index in [2.05, 4.69) is 12.2 Å². The van der Waals surface area contributed by atoms with Gasteiger partial charge in [-0.3, -0.25) is 14.9 Å². The van der Waals surface area contributed by atoms with E-state index < -0.39 is 0 Å². The summed E-state index contributed by atoms with van der Waals surface area (Å²) in [6.45, 7) is 2.07. The van der Waals surface area contributed by atoms with Gasteiger partial charge in [0.1, 0.15) is 0 Å². The van der Waals surface area contributed by atoms with Crippen LogP contribution in [0.1, 0.15) is 26.2 Å². The Bertz CT molecular complexity index is 221. The summed E-state index contributed by atoms with van der Waals surface area (Å²) in [5, 5.41) is 2.26. The number of hydrogen-bond acceptors (Lipinski definition) is 2. The number of rotatable bonds is 3. The number of unbranched alkanes of at least 4 members (excludes halogenated alkanes) is 1. The van der Waals surface area contributed by atoms with Gasteiger partial charge in [0.15, 0.2) is 0 Å². The molecule has 0 aromatic heterocycles. The summed E-state index contributed by atoms with van der Waals surface area (Å²) < 4.78 is 0. The maximum atomic E-state index is 11.0. The Kier molecular flexibility index (Phi) is 3.02. The zero-order valence-electron chi connectivity index (χ0n) is 7.17. The van der Waals surface area contributed by atoms with Crippen molar-refractivity contribution >= 4 is 11.8 Å². The predicted molar refractivity (Wildman–Crippen MR) is 45.3 cm³/mol. The molecule has 66 valence electrons. The molecule has 1 N–H and O–H groups in total. The number of nitrogens with one attached hydrogen (secondary N) is 1.